The van der Waals surface area contributed by atoms with Crippen LogP contribution in [0, 0.1) is 3.70 Å². The van der Waals surface area contributed by atoms with Gasteiger partial charge in [0.25, 0.3) is 6.43 Å². The van der Waals surface area contributed by atoms with Gasteiger partial charge in [0.15, 0.2) is 0 Å². The van der Waals surface area contributed by atoms with Crippen LogP contribution >= 0.6 is 34.2 Å². The number of carbonyl (C=O) groups is 1. The summed E-state index contributed by atoms with van der Waals surface area (Å²) in [5.41, 5.74) is -0.246. The molecule has 3 nitrogen and oxygen atoms in total. The van der Waals surface area contributed by atoms with Crippen LogP contribution in [0.5, 0.6) is 0 Å². The normalized spacial score (nSPS) is 10.6. The molecule has 88 valence electrons. The lowest BCUT2D eigenvalue weighted by Crippen LogP contribution is -2.10. The highest BCUT2D eigenvalue weighted by Gasteiger charge is 2.23. The van der Waals surface area contributed by atoms with Gasteiger partial charge in [-0.3, -0.25) is 0 Å². The largest absolute Gasteiger partial charge is 0.465 e. The van der Waals surface area contributed by atoms with Crippen molar-refractivity contribution in [1.29, 1.82) is 0 Å². The van der Waals surface area contributed by atoms with E-state index in [4.69, 9.17) is 11.6 Å². The molecule has 16 heavy (non-hydrogen) atoms. The second-order valence-corrected chi connectivity index (χ2v) is 4.08. The van der Waals surface area contributed by atoms with Gasteiger partial charge >= 0.3 is 5.97 Å². The molecule has 0 spiro atoms. The standard InChI is InChI=1S/C9H7ClF2INO2/c1-16-9(15)5-2-4(3-10)14-8(13)6(5)7(11)12/h2,7H,3H2,1H3. The predicted octanol–water partition coefficient (Wildman–Crippen LogP) is 3.15. The van der Waals surface area contributed by atoms with E-state index >= 15 is 0 Å². The maximum absolute atomic E-state index is 12.7. The third-order valence-corrected chi connectivity index (χ3v) is 2.92. The zero-order valence-corrected chi connectivity index (χ0v) is 11.1. The molecule has 0 aromatic carbocycles. The molecule has 0 fully saturated rings. The van der Waals surface area contributed by atoms with E-state index in [9.17, 15) is 13.6 Å². The number of methoxy groups -OCH3 is 1. The smallest absolute Gasteiger partial charge is 0.338 e. The van der Waals surface area contributed by atoms with Crippen LogP contribution in [0.1, 0.15) is 28.0 Å². The Bertz CT molecular complexity index is 415. The fourth-order valence-electron chi connectivity index (χ4n) is 1.13. The Morgan fingerprint density at radius 1 is 1.69 bits per heavy atom. The van der Waals surface area contributed by atoms with Gasteiger partial charge in [-0.25, -0.2) is 18.6 Å². The first-order valence-corrected chi connectivity index (χ1v) is 5.74. The van der Waals surface area contributed by atoms with Crippen molar-refractivity contribution in [2.24, 2.45) is 0 Å². The Morgan fingerprint density at radius 3 is 2.75 bits per heavy atom. The Kier molecular flexibility index (Phi) is 4.85. The summed E-state index contributed by atoms with van der Waals surface area (Å²) in [6.07, 6.45) is -2.78. The van der Waals surface area contributed by atoms with Crippen molar-refractivity contribution in [3.63, 3.8) is 0 Å². The lowest BCUT2D eigenvalue weighted by Gasteiger charge is -2.10. The van der Waals surface area contributed by atoms with Crippen molar-refractivity contribution in [3.8, 4) is 0 Å². The summed E-state index contributed by atoms with van der Waals surface area (Å²) in [5.74, 6) is -0.772. The summed E-state index contributed by atoms with van der Waals surface area (Å²) in [6, 6.07) is 1.22. The van der Waals surface area contributed by atoms with E-state index in [2.05, 4.69) is 9.72 Å². The SMILES string of the molecule is COC(=O)c1cc(CCl)nc(I)c1C(F)F. The summed E-state index contributed by atoms with van der Waals surface area (Å²) >= 11 is 7.19. The van der Waals surface area contributed by atoms with Gasteiger partial charge in [0, 0.05) is 0 Å². The second-order valence-electron chi connectivity index (χ2n) is 2.79. The highest BCUT2D eigenvalue weighted by atomic mass is 127. The molecule has 1 heterocycles. The average Bonchev–Trinajstić information content (AvgIpc) is 2.26. The number of pyridine rings is 1. The van der Waals surface area contributed by atoms with Crippen LogP contribution in [0.3, 0.4) is 0 Å². The fourth-order valence-corrected chi connectivity index (χ4v) is 2.10. The molecule has 0 aliphatic heterocycles. The molecule has 0 aliphatic rings. The lowest BCUT2D eigenvalue weighted by molar-refractivity contribution is 0.0588. The molecule has 0 radical (unpaired) electrons. The molecule has 0 aliphatic carbocycles. The van der Waals surface area contributed by atoms with Crippen molar-refractivity contribution < 1.29 is 18.3 Å². The van der Waals surface area contributed by atoms with Crippen molar-refractivity contribution in [1.82, 2.24) is 4.98 Å². The van der Waals surface area contributed by atoms with E-state index in [0.29, 0.717) is 5.69 Å². The molecular weight excluding hydrogens is 354 g/mol. The number of esters is 1. The van der Waals surface area contributed by atoms with Gasteiger partial charge in [0.2, 0.25) is 0 Å². The minimum Gasteiger partial charge on any atom is -0.465 e. The molecule has 1 rings (SSSR count). The first kappa shape index (κ1) is 13.6. The molecule has 0 atom stereocenters. The number of aromatic nitrogens is 1. The summed E-state index contributed by atoms with van der Waals surface area (Å²) < 4.78 is 30.0. The van der Waals surface area contributed by atoms with E-state index < -0.39 is 18.0 Å². The first-order chi connectivity index (χ1) is 7.51. The maximum atomic E-state index is 12.7. The van der Waals surface area contributed by atoms with Crippen LogP contribution in [0.25, 0.3) is 0 Å². The minimum atomic E-state index is -2.78. The monoisotopic (exact) mass is 361 g/mol. The molecule has 0 unspecified atom stereocenters. The van der Waals surface area contributed by atoms with Gasteiger partial charge in [0.05, 0.1) is 29.8 Å². The summed E-state index contributed by atoms with van der Waals surface area (Å²) in [4.78, 5) is 15.2. The number of nitrogens with zero attached hydrogens (tertiary/aromatic N) is 1. The van der Waals surface area contributed by atoms with Crippen LogP contribution in [0.4, 0.5) is 8.78 Å². The zero-order valence-electron chi connectivity index (χ0n) is 8.14. The number of alkyl halides is 3. The molecule has 0 saturated heterocycles. The van der Waals surface area contributed by atoms with Gasteiger partial charge in [-0.1, -0.05) is 0 Å². The third kappa shape index (κ3) is 2.79. The van der Waals surface area contributed by atoms with Gasteiger partial charge in [-0.05, 0) is 28.7 Å². The molecule has 7 heteroatoms. The topological polar surface area (TPSA) is 39.2 Å². The number of hydrogen-bond acceptors (Lipinski definition) is 3. The average molecular weight is 362 g/mol. The zero-order chi connectivity index (χ0) is 12.3. The summed E-state index contributed by atoms with van der Waals surface area (Å²) in [6.45, 7) is 0. The van der Waals surface area contributed by atoms with Crippen molar-refractivity contribution in [2.75, 3.05) is 7.11 Å². The molecule has 1 aromatic heterocycles. The quantitative estimate of drug-likeness (QED) is 0.359. The van der Waals surface area contributed by atoms with Gasteiger partial charge in [-0.15, -0.1) is 11.6 Å². The number of halogens is 4. The van der Waals surface area contributed by atoms with E-state index in [1.807, 2.05) is 0 Å². The molecule has 0 N–H and O–H groups in total. The van der Waals surface area contributed by atoms with Crippen LogP contribution in [-0.4, -0.2) is 18.1 Å². The van der Waals surface area contributed by atoms with Gasteiger partial charge in [0.1, 0.15) is 3.70 Å². The second kappa shape index (κ2) is 5.72. The molecule has 0 saturated carbocycles. The van der Waals surface area contributed by atoms with E-state index in [0.717, 1.165) is 7.11 Å². The van der Waals surface area contributed by atoms with Crippen molar-refractivity contribution in [3.05, 3.63) is 26.6 Å². The van der Waals surface area contributed by atoms with Crippen LogP contribution in [0.15, 0.2) is 6.07 Å². The number of carbonyl (C=O) groups excluding carboxylic acids is 1. The highest BCUT2D eigenvalue weighted by molar-refractivity contribution is 14.1. The summed E-state index contributed by atoms with van der Waals surface area (Å²) in [7, 11) is 1.13. The predicted molar refractivity (Wildman–Crippen MR) is 62.8 cm³/mol. The van der Waals surface area contributed by atoms with E-state index in [-0.39, 0.29) is 15.1 Å². The molecule has 0 amide bonds. The van der Waals surface area contributed by atoms with Crippen LogP contribution < -0.4 is 0 Å². The van der Waals surface area contributed by atoms with Gasteiger partial charge in [-0.2, -0.15) is 0 Å². The first-order valence-electron chi connectivity index (χ1n) is 4.13. The number of hydrogen-bond donors (Lipinski definition) is 0. The number of ether oxygens (including phenoxy) is 1. The van der Waals surface area contributed by atoms with Gasteiger partial charge < -0.3 is 4.74 Å². The number of rotatable bonds is 3. The third-order valence-electron chi connectivity index (χ3n) is 1.83. The lowest BCUT2D eigenvalue weighted by atomic mass is 10.1. The fraction of sp³-hybridized carbons (Fsp3) is 0.333. The molecule has 0 bridgehead atoms. The Balaban J connectivity index is 3.40. The molecule has 1 aromatic rings. The van der Waals surface area contributed by atoms with E-state index in [1.165, 1.54) is 6.07 Å². The Hall–Kier alpha value is -0.500. The maximum Gasteiger partial charge on any atom is 0.338 e. The highest BCUT2D eigenvalue weighted by Crippen LogP contribution is 2.28. The Morgan fingerprint density at radius 2 is 2.31 bits per heavy atom. The van der Waals surface area contributed by atoms with Crippen molar-refractivity contribution >= 4 is 40.2 Å². The Labute approximate surface area is 109 Å². The molecular formula is C9H7ClF2INO2. The van der Waals surface area contributed by atoms with Crippen LogP contribution in [-0.2, 0) is 10.6 Å². The summed E-state index contributed by atoms with van der Waals surface area (Å²) in [5, 5.41) is 0. The minimum absolute atomic E-state index is 0.0452. The van der Waals surface area contributed by atoms with Crippen molar-refractivity contribution in [2.45, 2.75) is 12.3 Å². The van der Waals surface area contributed by atoms with Crippen LogP contribution in [0.2, 0.25) is 0 Å². The van der Waals surface area contributed by atoms with E-state index in [1.54, 1.807) is 22.6 Å².